The Balaban J connectivity index is 1.69. The predicted octanol–water partition coefficient (Wildman–Crippen LogP) is 5.09. The van der Waals surface area contributed by atoms with Gasteiger partial charge in [-0.15, -0.1) is 11.3 Å². The van der Waals surface area contributed by atoms with Crippen LogP contribution in [0.1, 0.15) is 15.2 Å². The maximum Gasteiger partial charge on any atom is 0.264 e. The van der Waals surface area contributed by atoms with E-state index in [0.29, 0.717) is 15.6 Å². The van der Waals surface area contributed by atoms with E-state index in [4.69, 9.17) is 11.6 Å². The van der Waals surface area contributed by atoms with Crippen molar-refractivity contribution in [2.24, 2.45) is 0 Å². The molecule has 6 heteroatoms. The lowest BCUT2D eigenvalue weighted by atomic mass is 10.0. The lowest BCUT2D eigenvalue weighted by molar-refractivity contribution is -0.116. The van der Waals surface area contributed by atoms with Gasteiger partial charge in [0.15, 0.2) is 0 Å². The van der Waals surface area contributed by atoms with Crippen LogP contribution in [0.5, 0.6) is 0 Å². The number of thiophene rings is 1. The summed E-state index contributed by atoms with van der Waals surface area (Å²) >= 11 is 7.22. The molecule has 138 valence electrons. The van der Waals surface area contributed by atoms with Crippen LogP contribution in [-0.2, 0) is 4.79 Å². The number of nitrogens with zero attached hydrogens (tertiary/aromatic N) is 1. The van der Waals surface area contributed by atoms with Crippen LogP contribution in [0.4, 0.5) is 5.69 Å². The van der Waals surface area contributed by atoms with Gasteiger partial charge in [0, 0.05) is 23.3 Å². The third-order valence-corrected chi connectivity index (χ3v) is 5.23. The fourth-order valence-corrected chi connectivity index (χ4v) is 3.67. The van der Waals surface area contributed by atoms with Crippen LogP contribution in [0.15, 0.2) is 60.0 Å². The molecule has 0 saturated carbocycles. The van der Waals surface area contributed by atoms with Gasteiger partial charge in [0.05, 0.1) is 11.4 Å². The largest absolute Gasteiger partial charge is 0.332 e. The SMILES string of the molecule is Cc1ccc(-c2ccsc2C(=O)N(C)CC(=O)Nc2ccc(Cl)cc2)cc1. The average molecular weight is 399 g/mol. The van der Waals surface area contributed by atoms with E-state index >= 15 is 0 Å². The zero-order valence-electron chi connectivity index (χ0n) is 15.0. The van der Waals surface area contributed by atoms with Crippen LogP contribution in [0.2, 0.25) is 5.02 Å². The second-order valence-corrected chi connectivity index (χ2v) is 7.60. The van der Waals surface area contributed by atoms with Crippen molar-refractivity contribution < 1.29 is 9.59 Å². The van der Waals surface area contributed by atoms with E-state index in [2.05, 4.69) is 5.32 Å². The van der Waals surface area contributed by atoms with Crippen molar-refractivity contribution >= 4 is 40.4 Å². The van der Waals surface area contributed by atoms with Crippen molar-refractivity contribution in [1.29, 1.82) is 0 Å². The molecule has 0 unspecified atom stereocenters. The minimum Gasteiger partial charge on any atom is -0.332 e. The van der Waals surface area contributed by atoms with Crippen molar-refractivity contribution in [3.63, 3.8) is 0 Å². The summed E-state index contributed by atoms with van der Waals surface area (Å²) in [6, 6.07) is 16.8. The van der Waals surface area contributed by atoms with Gasteiger partial charge in [-0.1, -0.05) is 41.4 Å². The van der Waals surface area contributed by atoms with Crippen molar-refractivity contribution in [2.75, 3.05) is 18.9 Å². The zero-order valence-corrected chi connectivity index (χ0v) is 16.6. The summed E-state index contributed by atoms with van der Waals surface area (Å²) in [6.07, 6.45) is 0. The Morgan fingerprint density at radius 2 is 1.70 bits per heavy atom. The Bertz CT molecular complexity index is 949. The van der Waals surface area contributed by atoms with Crippen LogP contribution in [-0.4, -0.2) is 30.3 Å². The molecule has 0 radical (unpaired) electrons. The molecule has 1 N–H and O–H groups in total. The molecule has 0 aliphatic heterocycles. The third kappa shape index (κ3) is 4.76. The molecule has 0 bridgehead atoms. The number of hydrogen-bond donors (Lipinski definition) is 1. The normalized spacial score (nSPS) is 10.5. The van der Waals surface area contributed by atoms with Crippen LogP contribution in [0.25, 0.3) is 11.1 Å². The van der Waals surface area contributed by atoms with Gasteiger partial charge < -0.3 is 10.2 Å². The van der Waals surface area contributed by atoms with Crippen LogP contribution < -0.4 is 5.32 Å². The highest BCUT2D eigenvalue weighted by Crippen LogP contribution is 2.29. The minimum absolute atomic E-state index is 0.0350. The highest BCUT2D eigenvalue weighted by molar-refractivity contribution is 7.12. The summed E-state index contributed by atoms with van der Waals surface area (Å²) in [5.41, 5.74) is 3.68. The standard InChI is InChI=1S/C21H19ClN2O2S/c1-14-3-5-15(6-4-14)18-11-12-27-20(18)21(26)24(2)13-19(25)23-17-9-7-16(22)8-10-17/h3-12H,13H2,1-2H3,(H,23,25). The third-order valence-electron chi connectivity index (χ3n) is 4.08. The van der Waals surface area contributed by atoms with Gasteiger partial charge in [-0.3, -0.25) is 9.59 Å². The van der Waals surface area contributed by atoms with Gasteiger partial charge in [-0.25, -0.2) is 0 Å². The van der Waals surface area contributed by atoms with Crippen LogP contribution in [0, 0.1) is 6.92 Å². The van der Waals surface area contributed by atoms with Crippen molar-refractivity contribution in [3.8, 4) is 11.1 Å². The van der Waals surface area contributed by atoms with Gasteiger partial charge in [-0.05, 0) is 48.2 Å². The Morgan fingerprint density at radius 1 is 1.04 bits per heavy atom. The number of carbonyl (C=O) groups excluding carboxylic acids is 2. The Hall–Kier alpha value is -2.63. The number of rotatable bonds is 5. The number of benzene rings is 2. The van der Waals surface area contributed by atoms with E-state index in [1.807, 2.05) is 42.6 Å². The number of anilines is 1. The maximum atomic E-state index is 12.8. The molecule has 2 amide bonds. The van der Waals surface area contributed by atoms with Crippen molar-refractivity contribution in [2.45, 2.75) is 6.92 Å². The van der Waals surface area contributed by atoms with E-state index in [-0.39, 0.29) is 18.4 Å². The first-order chi connectivity index (χ1) is 12.9. The molecule has 0 atom stereocenters. The van der Waals surface area contributed by atoms with Crippen molar-refractivity contribution in [3.05, 3.63) is 75.4 Å². The fourth-order valence-electron chi connectivity index (χ4n) is 2.63. The number of likely N-dealkylation sites (N-methyl/N-ethyl adjacent to an activating group) is 1. The van der Waals surface area contributed by atoms with Gasteiger partial charge in [0.1, 0.15) is 0 Å². The van der Waals surface area contributed by atoms with Gasteiger partial charge in [0.25, 0.3) is 5.91 Å². The Kier molecular flexibility index (Phi) is 5.94. The van der Waals surface area contributed by atoms with Gasteiger partial charge in [-0.2, -0.15) is 0 Å². The molecule has 0 aliphatic rings. The number of hydrogen-bond acceptors (Lipinski definition) is 3. The summed E-state index contributed by atoms with van der Waals surface area (Å²) in [7, 11) is 1.63. The average Bonchev–Trinajstić information content (AvgIpc) is 3.13. The molecule has 0 spiro atoms. The number of amides is 2. The van der Waals surface area contributed by atoms with Gasteiger partial charge >= 0.3 is 0 Å². The number of carbonyl (C=O) groups is 2. The van der Waals surface area contributed by atoms with Gasteiger partial charge in [0.2, 0.25) is 5.91 Å². The smallest absolute Gasteiger partial charge is 0.264 e. The Labute approximate surface area is 167 Å². The molecule has 3 rings (SSSR count). The van der Waals surface area contributed by atoms with Crippen LogP contribution in [0.3, 0.4) is 0 Å². The molecule has 2 aromatic carbocycles. The second kappa shape index (κ2) is 8.37. The minimum atomic E-state index is -0.262. The molecular formula is C21H19ClN2O2S. The molecular weight excluding hydrogens is 380 g/mol. The molecule has 1 aromatic heterocycles. The number of aryl methyl sites for hydroxylation is 1. The van der Waals surface area contributed by atoms with Crippen LogP contribution >= 0.6 is 22.9 Å². The quantitative estimate of drug-likeness (QED) is 0.650. The van der Waals surface area contributed by atoms with E-state index in [0.717, 1.165) is 16.7 Å². The van der Waals surface area contributed by atoms with E-state index in [9.17, 15) is 9.59 Å². The lowest BCUT2D eigenvalue weighted by Crippen LogP contribution is -2.34. The highest BCUT2D eigenvalue weighted by Gasteiger charge is 2.20. The fraction of sp³-hybridized carbons (Fsp3) is 0.143. The second-order valence-electron chi connectivity index (χ2n) is 6.25. The first kappa shape index (κ1) is 19.1. The van der Waals surface area contributed by atoms with E-state index in [1.165, 1.54) is 16.2 Å². The summed E-state index contributed by atoms with van der Waals surface area (Å²) in [5.74, 6) is -0.437. The molecule has 4 nitrogen and oxygen atoms in total. The topological polar surface area (TPSA) is 49.4 Å². The predicted molar refractivity (Wildman–Crippen MR) is 112 cm³/mol. The lowest BCUT2D eigenvalue weighted by Gasteiger charge is -2.17. The molecule has 27 heavy (non-hydrogen) atoms. The zero-order chi connectivity index (χ0) is 19.4. The molecule has 0 fully saturated rings. The highest BCUT2D eigenvalue weighted by atomic mass is 35.5. The molecule has 0 aliphatic carbocycles. The van der Waals surface area contributed by atoms with E-state index < -0.39 is 0 Å². The summed E-state index contributed by atoms with van der Waals surface area (Å²) in [6.45, 7) is 1.99. The first-order valence-electron chi connectivity index (χ1n) is 8.39. The van der Waals surface area contributed by atoms with E-state index in [1.54, 1.807) is 31.3 Å². The summed E-state index contributed by atoms with van der Waals surface area (Å²) in [5, 5.41) is 5.26. The summed E-state index contributed by atoms with van der Waals surface area (Å²) in [4.78, 5) is 27.1. The molecule has 0 saturated heterocycles. The van der Waals surface area contributed by atoms with Crippen molar-refractivity contribution in [1.82, 2.24) is 4.90 Å². The number of halogens is 1. The molecule has 3 aromatic rings. The number of nitrogens with one attached hydrogen (secondary N) is 1. The first-order valence-corrected chi connectivity index (χ1v) is 9.65. The maximum absolute atomic E-state index is 12.8. The molecule has 1 heterocycles. The Morgan fingerprint density at radius 3 is 2.37 bits per heavy atom. The summed E-state index contributed by atoms with van der Waals surface area (Å²) < 4.78 is 0. The monoisotopic (exact) mass is 398 g/mol.